The number of rotatable bonds is 2. The molecule has 0 radical (unpaired) electrons. The summed E-state index contributed by atoms with van der Waals surface area (Å²) >= 11 is 0. The summed E-state index contributed by atoms with van der Waals surface area (Å²) in [6, 6.07) is 1.39. The Morgan fingerprint density at radius 2 is 1.94 bits per heavy atom. The van der Waals surface area contributed by atoms with Crippen LogP contribution in [-0.4, -0.2) is 49.8 Å². The number of nitrogens with zero attached hydrogens (tertiary/aromatic N) is 1. The molecule has 2 rings (SSSR count). The molecule has 0 aromatic carbocycles. The van der Waals surface area contributed by atoms with Gasteiger partial charge in [0.2, 0.25) is 0 Å². The maximum Gasteiger partial charge on any atom is 0.0622 e. The second kappa shape index (κ2) is 5.48. The lowest BCUT2D eigenvalue weighted by atomic mass is 9.84. The second-order valence-corrected chi connectivity index (χ2v) is 5.48. The number of ether oxygens (including phenoxy) is 1. The molecule has 0 saturated carbocycles. The molecule has 0 aliphatic carbocycles. The van der Waals surface area contributed by atoms with Gasteiger partial charge in [-0.15, -0.1) is 0 Å². The van der Waals surface area contributed by atoms with E-state index in [9.17, 15) is 0 Å². The minimum absolute atomic E-state index is 0.641. The molecule has 3 nitrogen and oxygen atoms in total. The van der Waals surface area contributed by atoms with E-state index in [1.165, 1.54) is 19.5 Å². The SMILES string of the molecule is CCC1COCCN1C1C(C)CNCC1C. The Balaban J connectivity index is 2.07. The van der Waals surface area contributed by atoms with Crippen molar-refractivity contribution in [1.29, 1.82) is 0 Å². The van der Waals surface area contributed by atoms with E-state index in [1.54, 1.807) is 0 Å². The van der Waals surface area contributed by atoms with Crippen LogP contribution >= 0.6 is 0 Å². The van der Waals surface area contributed by atoms with E-state index in [0.717, 1.165) is 37.6 Å². The quantitative estimate of drug-likeness (QED) is 0.769. The van der Waals surface area contributed by atoms with Crippen molar-refractivity contribution in [2.75, 3.05) is 32.8 Å². The van der Waals surface area contributed by atoms with Gasteiger partial charge in [0.15, 0.2) is 0 Å². The minimum atomic E-state index is 0.641. The van der Waals surface area contributed by atoms with Gasteiger partial charge in [0.1, 0.15) is 0 Å². The van der Waals surface area contributed by atoms with Crippen molar-refractivity contribution in [1.82, 2.24) is 10.2 Å². The summed E-state index contributed by atoms with van der Waals surface area (Å²) in [5.41, 5.74) is 0. The highest BCUT2D eigenvalue weighted by atomic mass is 16.5. The molecule has 2 aliphatic rings. The number of nitrogens with one attached hydrogen (secondary N) is 1. The zero-order valence-corrected chi connectivity index (χ0v) is 10.9. The first-order valence-electron chi connectivity index (χ1n) is 6.78. The molecule has 2 aliphatic heterocycles. The van der Waals surface area contributed by atoms with Crippen molar-refractivity contribution in [2.45, 2.75) is 39.3 Å². The predicted octanol–water partition coefficient (Wildman–Crippen LogP) is 1.34. The first-order chi connectivity index (χ1) is 7.74. The molecule has 0 aromatic rings. The molecule has 3 atom stereocenters. The number of morpholine rings is 1. The molecule has 0 amide bonds. The van der Waals surface area contributed by atoms with Crippen molar-refractivity contribution in [3.8, 4) is 0 Å². The van der Waals surface area contributed by atoms with Gasteiger partial charge in [0.05, 0.1) is 13.2 Å². The zero-order valence-electron chi connectivity index (χ0n) is 10.9. The smallest absolute Gasteiger partial charge is 0.0622 e. The number of hydrogen-bond acceptors (Lipinski definition) is 3. The zero-order chi connectivity index (χ0) is 11.5. The first kappa shape index (κ1) is 12.3. The van der Waals surface area contributed by atoms with Crippen molar-refractivity contribution < 1.29 is 4.74 Å². The van der Waals surface area contributed by atoms with Crippen molar-refractivity contribution in [3.63, 3.8) is 0 Å². The largest absolute Gasteiger partial charge is 0.378 e. The highest BCUT2D eigenvalue weighted by molar-refractivity contribution is 4.91. The van der Waals surface area contributed by atoms with Gasteiger partial charge in [-0.3, -0.25) is 4.90 Å². The Morgan fingerprint density at radius 3 is 2.56 bits per heavy atom. The highest BCUT2D eigenvalue weighted by Crippen LogP contribution is 2.26. The standard InChI is InChI=1S/C13H26N2O/c1-4-12-9-16-6-5-15(12)13-10(2)7-14-8-11(13)3/h10-14H,4-9H2,1-3H3. The van der Waals surface area contributed by atoms with Gasteiger partial charge < -0.3 is 10.1 Å². The van der Waals surface area contributed by atoms with Gasteiger partial charge in [0.25, 0.3) is 0 Å². The highest BCUT2D eigenvalue weighted by Gasteiger charge is 2.36. The van der Waals surface area contributed by atoms with Crippen LogP contribution in [0.5, 0.6) is 0 Å². The second-order valence-electron chi connectivity index (χ2n) is 5.48. The summed E-state index contributed by atoms with van der Waals surface area (Å²) in [6.45, 7) is 12.4. The van der Waals surface area contributed by atoms with Crippen molar-refractivity contribution in [3.05, 3.63) is 0 Å². The molecular weight excluding hydrogens is 200 g/mol. The summed E-state index contributed by atoms with van der Waals surface area (Å²) < 4.78 is 5.61. The average Bonchev–Trinajstić information content (AvgIpc) is 2.29. The molecule has 94 valence electrons. The fourth-order valence-electron chi connectivity index (χ4n) is 3.41. The Labute approximate surface area is 99.5 Å². The van der Waals surface area contributed by atoms with Crippen LogP contribution in [0.25, 0.3) is 0 Å². The summed E-state index contributed by atoms with van der Waals surface area (Å²) in [7, 11) is 0. The van der Waals surface area contributed by atoms with Gasteiger partial charge in [-0.25, -0.2) is 0 Å². The van der Waals surface area contributed by atoms with Crippen LogP contribution in [0.4, 0.5) is 0 Å². The summed E-state index contributed by atoms with van der Waals surface area (Å²) in [5, 5.41) is 3.53. The summed E-state index contributed by atoms with van der Waals surface area (Å²) in [6.07, 6.45) is 1.21. The fraction of sp³-hybridized carbons (Fsp3) is 1.00. The lowest BCUT2D eigenvalue weighted by molar-refractivity contribution is -0.0588. The molecule has 2 saturated heterocycles. The Morgan fingerprint density at radius 1 is 1.25 bits per heavy atom. The van der Waals surface area contributed by atoms with Crippen LogP contribution in [-0.2, 0) is 4.74 Å². The molecule has 16 heavy (non-hydrogen) atoms. The summed E-state index contributed by atoms with van der Waals surface area (Å²) in [5.74, 6) is 1.52. The third kappa shape index (κ3) is 2.41. The molecular formula is C13H26N2O. The molecule has 0 aromatic heterocycles. The Hall–Kier alpha value is -0.120. The third-order valence-electron chi connectivity index (χ3n) is 4.23. The number of hydrogen-bond donors (Lipinski definition) is 1. The number of piperidine rings is 1. The van der Waals surface area contributed by atoms with E-state index in [2.05, 4.69) is 31.0 Å². The molecule has 0 bridgehead atoms. The van der Waals surface area contributed by atoms with Crippen LogP contribution in [0.1, 0.15) is 27.2 Å². The van der Waals surface area contributed by atoms with Crippen LogP contribution in [0.2, 0.25) is 0 Å². The van der Waals surface area contributed by atoms with E-state index in [-0.39, 0.29) is 0 Å². The molecule has 1 N–H and O–H groups in total. The monoisotopic (exact) mass is 226 g/mol. The molecule has 3 unspecified atom stereocenters. The van der Waals surface area contributed by atoms with Gasteiger partial charge >= 0.3 is 0 Å². The lowest BCUT2D eigenvalue weighted by Crippen LogP contribution is -2.59. The molecule has 2 heterocycles. The van der Waals surface area contributed by atoms with Gasteiger partial charge in [-0.1, -0.05) is 20.8 Å². The normalized spacial score (nSPS) is 42.2. The molecule has 2 fully saturated rings. The van der Waals surface area contributed by atoms with E-state index in [0.29, 0.717) is 6.04 Å². The maximum atomic E-state index is 5.61. The molecule has 0 spiro atoms. The Kier molecular flexibility index (Phi) is 4.22. The van der Waals surface area contributed by atoms with Gasteiger partial charge in [-0.05, 0) is 31.3 Å². The maximum absolute atomic E-state index is 5.61. The Bertz CT molecular complexity index is 212. The topological polar surface area (TPSA) is 24.5 Å². The fourth-order valence-corrected chi connectivity index (χ4v) is 3.41. The van der Waals surface area contributed by atoms with E-state index in [4.69, 9.17) is 4.74 Å². The van der Waals surface area contributed by atoms with Crippen LogP contribution in [0.3, 0.4) is 0 Å². The molecule has 3 heteroatoms. The first-order valence-corrected chi connectivity index (χ1v) is 6.78. The van der Waals surface area contributed by atoms with Crippen LogP contribution in [0, 0.1) is 11.8 Å². The van der Waals surface area contributed by atoms with E-state index >= 15 is 0 Å². The predicted molar refractivity (Wildman–Crippen MR) is 66.6 cm³/mol. The van der Waals surface area contributed by atoms with Crippen molar-refractivity contribution in [2.24, 2.45) is 11.8 Å². The van der Waals surface area contributed by atoms with Gasteiger partial charge in [-0.2, -0.15) is 0 Å². The average molecular weight is 226 g/mol. The van der Waals surface area contributed by atoms with Crippen LogP contribution in [0.15, 0.2) is 0 Å². The minimum Gasteiger partial charge on any atom is -0.378 e. The van der Waals surface area contributed by atoms with Crippen molar-refractivity contribution >= 4 is 0 Å². The van der Waals surface area contributed by atoms with Crippen LogP contribution < -0.4 is 5.32 Å². The van der Waals surface area contributed by atoms with E-state index < -0.39 is 0 Å². The lowest BCUT2D eigenvalue weighted by Gasteiger charge is -2.48. The van der Waals surface area contributed by atoms with E-state index in [1.807, 2.05) is 0 Å². The third-order valence-corrected chi connectivity index (χ3v) is 4.23. The summed E-state index contributed by atoms with van der Waals surface area (Å²) in [4.78, 5) is 2.72. The van der Waals surface area contributed by atoms with Gasteiger partial charge in [0, 0.05) is 18.6 Å².